The number of pyridine rings is 1. The molecule has 0 aliphatic heterocycles. The number of amides is 2. The zero-order valence-corrected chi connectivity index (χ0v) is 12.8. The molecule has 0 saturated heterocycles. The van der Waals surface area contributed by atoms with Crippen LogP contribution in [0.4, 0.5) is 5.82 Å². The third-order valence-corrected chi connectivity index (χ3v) is 2.93. The van der Waals surface area contributed by atoms with Gasteiger partial charge in [0, 0.05) is 11.9 Å². The van der Waals surface area contributed by atoms with Gasteiger partial charge in [0.2, 0.25) is 11.8 Å². The second-order valence-electron chi connectivity index (χ2n) is 4.98. The summed E-state index contributed by atoms with van der Waals surface area (Å²) in [5.41, 5.74) is 3.88. The van der Waals surface area contributed by atoms with Gasteiger partial charge in [0.15, 0.2) is 0 Å². The molecule has 0 bridgehead atoms. The molecule has 2 N–H and O–H groups in total. The lowest BCUT2D eigenvalue weighted by atomic mass is 10.1. The zero-order valence-electron chi connectivity index (χ0n) is 12.8. The molecule has 6 nitrogen and oxygen atoms in total. The van der Waals surface area contributed by atoms with E-state index < -0.39 is 0 Å². The van der Waals surface area contributed by atoms with Crippen LogP contribution in [0.25, 0.3) is 0 Å². The molecule has 0 aliphatic rings. The smallest absolute Gasteiger partial charge is 0.244 e. The van der Waals surface area contributed by atoms with E-state index in [0.717, 1.165) is 5.56 Å². The molecule has 2 aromatic rings. The first kappa shape index (κ1) is 16.4. The van der Waals surface area contributed by atoms with Crippen molar-refractivity contribution in [3.8, 4) is 0 Å². The van der Waals surface area contributed by atoms with Crippen LogP contribution < -0.4 is 10.7 Å². The molecule has 6 heteroatoms. The maximum atomic E-state index is 11.8. The Morgan fingerprint density at radius 2 is 1.78 bits per heavy atom. The number of hydrazone groups is 1. The van der Waals surface area contributed by atoms with Crippen molar-refractivity contribution < 1.29 is 9.59 Å². The summed E-state index contributed by atoms with van der Waals surface area (Å²) in [6.07, 6.45) is 1.93. The first-order valence-electron chi connectivity index (χ1n) is 7.20. The minimum atomic E-state index is -0.234. The number of aromatic nitrogens is 1. The minimum absolute atomic E-state index is 0.0855. The number of hydrogen-bond acceptors (Lipinski definition) is 4. The van der Waals surface area contributed by atoms with Crippen molar-refractivity contribution in [1.82, 2.24) is 10.4 Å². The van der Waals surface area contributed by atoms with Gasteiger partial charge in [-0.25, -0.2) is 10.4 Å². The summed E-state index contributed by atoms with van der Waals surface area (Å²) >= 11 is 0. The average molecular weight is 310 g/mol. The molecular weight excluding hydrogens is 292 g/mol. The SMILES string of the molecule is C/C(CC(=O)Nc1ccccn1)=N\NC(=O)Cc1ccccc1. The van der Waals surface area contributed by atoms with E-state index >= 15 is 0 Å². The van der Waals surface area contributed by atoms with Gasteiger partial charge in [-0.3, -0.25) is 9.59 Å². The van der Waals surface area contributed by atoms with Crippen molar-refractivity contribution in [3.63, 3.8) is 0 Å². The van der Waals surface area contributed by atoms with Gasteiger partial charge in [-0.1, -0.05) is 36.4 Å². The molecule has 2 amide bonds. The van der Waals surface area contributed by atoms with Gasteiger partial charge >= 0.3 is 0 Å². The van der Waals surface area contributed by atoms with E-state index in [0.29, 0.717) is 11.5 Å². The van der Waals surface area contributed by atoms with E-state index in [4.69, 9.17) is 0 Å². The van der Waals surface area contributed by atoms with Crippen molar-refractivity contribution in [2.45, 2.75) is 19.8 Å². The number of carbonyl (C=O) groups excluding carboxylic acids is 2. The quantitative estimate of drug-likeness (QED) is 0.633. The number of nitrogens with one attached hydrogen (secondary N) is 2. The number of hydrogen-bond donors (Lipinski definition) is 2. The van der Waals surface area contributed by atoms with Crippen molar-refractivity contribution in [3.05, 3.63) is 60.3 Å². The lowest BCUT2D eigenvalue weighted by Crippen LogP contribution is -2.23. The zero-order chi connectivity index (χ0) is 16.5. The second kappa shape index (κ2) is 8.43. The Labute approximate surface area is 134 Å². The Kier molecular flexibility index (Phi) is 5.99. The standard InChI is InChI=1S/C17H18N4O2/c1-13(11-16(22)19-15-9-5-6-10-18-15)20-21-17(23)12-14-7-3-2-4-8-14/h2-10H,11-12H2,1H3,(H,21,23)(H,18,19,22)/b20-13+. The normalized spacial score (nSPS) is 10.9. The van der Waals surface area contributed by atoms with Gasteiger partial charge in [-0.05, 0) is 24.6 Å². The summed E-state index contributed by atoms with van der Waals surface area (Å²) in [6.45, 7) is 1.68. The van der Waals surface area contributed by atoms with Gasteiger partial charge < -0.3 is 5.32 Å². The third kappa shape index (κ3) is 6.09. The third-order valence-electron chi connectivity index (χ3n) is 2.93. The second-order valence-corrected chi connectivity index (χ2v) is 4.98. The highest BCUT2D eigenvalue weighted by Crippen LogP contribution is 2.01. The van der Waals surface area contributed by atoms with E-state index in [-0.39, 0.29) is 24.7 Å². The largest absolute Gasteiger partial charge is 0.310 e. The summed E-state index contributed by atoms with van der Waals surface area (Å²) in [5.74, 6) is 0.0290. The van der Waals surface area contributed by atoms with Crippen LogP contribution in [0.15, 0.2) is 59.8 Å². The fourth-order valence-electron chi connectivity index (χ4n) is 1.87. The maximum absolute atomic E-state index is 11.8. The van der Waals surface area contributed by atoms with Crippen molar-refractivity contribution in [1.29, 1.82) is 0 Å². The van der Waals surface area contributed by atoms with E-state index in [2.05, 4.69) is 20.8 Å². The molecule has 0 atom stereocenters. The van der Waals surface area contributed by atoms with Gasteiger partial charge in [0.05, 0.1) is 12.8 Å². The van der Waals surface area contributed by atoms with Gasteiger partial charge in [0.1, 0.15) is 5.82 Å². The Balaban J connectivity index is 1.78. The van der Waals surface area contributed by atoms with Crippen molar-refractivity contribution >= 4 is 23.3 Å². The molecule has 1 heterocycles. The molecule has 0 aliphatic carbocycles. The average Bonchev–Trinajstić information content (AvgIpc) is 2.55. The Bertz CT molecular complexity index is 684. The lowest BCUT2D eigenvalue weighted by Gasteiger charge is -2.04. The first-order chi connectivity index (χ1) is 11.1. The van der Waals surface area contributed by atoms with E-state index in [9.17, 15) is 9.59 Å². The van der Waals surface area contributed by atoms with E-state index in [1.54, 1.807) is 31.3 Å². The molecule has 0 radical (unpaired) electrons. The highest BCUT2D eigenvalue weighted by molar-refractivity contribution is 6.05. The molecule has 0 unspecified atom stereocenters. The highest BCUT2D eigenvalue weighted by atomic mass is 16.2. The van der Waals surface area contributed by atoms with Gasteiger partial charge in [-0.2, -0.15) is 5.10 Å². The number of benzene rings is 1. The molecule has 23 heavy (non-hydrogen) atoms. The van der Waals surface area contributed by atoms with Crippen LogP contribution in [0.2, 0.25) is 0 Å². The van der Waals surface area contributed by atoms with Crippen LogP contribution in [0, 0.1) is 0 Å². The highest BCUT2D eigenvalue weighted by Gasteiger charge is 2.06. The molecule has 0 spiro atoms. The number of anilines is 1. The minimum Gasteiger partial charge on any atom is -0.310 e. The van der Waals surface area contributed by atoms with Gasteiger partial charge in [-0.15, -0.1) is 0 Å². The summed E-state index contributed by atoms with van der Waals surface area (Å²) in [5, 5.41) is 6.59. The van der Waals surface area contributed by atoms with Gasteiger partial charge in [0.25, 0.3) is 0 Å². The molecular formula is C17H18N4O2. The fourth-order valence-corrected chi connectivity index (χ4v) is 1.87. The Hall–Kier alpha value is -3.02. The predicted molar refractivity (Wildman–Crippen MR) is 88.9 cm³/mol. The predicted octanol–water partition coefficient (Wildman–Crippen LogP) is 2.15. The van der Waals surface area contributed by atoms with Crippen LogP contribution in [0.3, 0.4) is 0 Å². The van der Waals surface area contributed by atoms with Crippen LogP contribution in [0.1, 0.15) is 18.9 Å². The number of rotatable bonds is 6. The molecule has 0 fully saturated rings. The molecule has 118 valence electrons. The van der Waals surface area contributed by atoms with Crippen LogP contribution >= 0.6 is 0 Å². The van der Waals surface area contributed by atoms with E-state index in [1.807, 2.05) is 30.3 Å². The summed E-state index contributed by atoms with van der Waals surface area (Å²) in [7, 11) is 0. The Morgan fingerprint density at radius 1 is 1.04 bits per heavy atom. The van der Waals surface area contributed by atoms with Crippen LogP contribution in [-0.4, -0.2) is 22.5 Å². The monoisotopic (exact) mass is 310 g/mol. The summed E-state index contributed by atoms with van der Waals surface area (Å²) < 4.78 is 0. The lowest BCUT2D eigenvalue weighted by molar-refractivity contribution is -0.120. The van der Waals surface area contributed by atoms with Crippen LogP contribution in [-0.2, 0) is 16.0 Å². The molecule has 2 rings (SSSR count). The summed E-state index contributed by atoms with van der Waals surface area (Å²) in [6, 6.07) is 14.6. The van der Waals surface area contributed by atoms with Crippen molar-refractivity contribution in [2.24, 2.45) is 5.10 Å². The molecule has 1 aromatic carbocycles. The number of carbonyl (C=O) groups is 2. The first-order valence-corrected chi connectivity index (χ1v) is 7.20. The Morgan fingerprint density at radius 3 is 2.48 bits per heavy atom. The molecule has 1 aromatic heterocycles. The van der Waals surface area contributed by atoms with Crippen molar-refractivity contribution in [2.75, 3.05) is 5.32 Å². The number of nitrogens with zero attached hydrogens (tertiary/aromatic N) is 2. The topological polar surface area (TPSA) is 83.4 Å². The fraction of sp³-hybridized carbons (Fsp3) is 0.176. The maximum Gasteiger partial charge on any atom is 0.244 e. The van der Waals surface area contributed by atoms with Crippen LogP contribution in [0.5, 0.6) is 0 Å². The molecule has 0 saturated carbocycles. The van der Waals surface area contributed by atoms with E-state index in [1.165, 1.54) is 0 Å². The summed E-state index contributed by atoms with van der Waals surface area (Å²) in [4.78, 5) is 27.6.